The van der Waals surface area contributed by atoms with Crippen molar-refractivity contribution < 1.29 is 17.9 Å². The van der Waals surface area contributed by atoms with E-state index in [9.17, 15) is 9.00 Å². The van der Waals surface area contributed by atoms with Crippen molar-refractivity contribution in [3.05, 3.63) is 0 Å². The maximum atomic E-state index is 12.0. The summed E-state index contributed by atoms with van der Waals surface area (Å²) in [7, 11) is 1.44. The van der Waals surface area contributed by atoms with Crippen LogP contribution in [0.15, 0.2) is 0 Å². The van der Waals surface area contributed by atoms with E-state index in [1.165, 1.54) is 39.2 Å². The van der Waals surface area contributed by atoms with Crippen molar-refractivity contribution in [3.8, 4) is 0 Å². The molecule has 1 N–H and O–H groups in total. The van der Waals surface area contributed by atoms with Crippen LogP contribution in [0, 0.1) is 17.8 Å². The van der Waals surface area contributed by atoms with E-state index >= 15 is 0 Å². The fourth-order valence-corrected chi connectivity index (χ4v) is 5.39. The summed E-state index contributed by atoms with van der Waals surface area (Å²) >= 11 is -1.35. The number of hydrogen-bond donors (Lipinski definition) is 1. The van der Waals surface area contributed by atoms with Crippen LogP contribution < -0.4 is 4.72 Å². The van der Waals surface area contributed by atoms with Gasteiger partial charge in [0, 0.05) is 12.5 Å². The summed E-state index contributed by atoms with van der Waals surface area (Å²) in [6.07, 6.45) is 10.9. The Morgan fingerprint density at radius 3 is 2.67 bits per heavy atom. The largest absolute Gasteiger partial charge is 0.469 e. The topological polar surface area (TPSA) is 64.6 Å². The number of fused-ring (bicyclic) bond motifs is 2. The van der Waals surface area contributed by atoms with Crippen molar-refractivity contribution in [1.82, 2.24) is 4.72 Å². The van der Waals surface area contributed by atoms with Gasteiger partial charge in [-0.1, -0.05) is 26.2 Å². The Labute approximate surface area is 149 Å². The monoisotopic (exact) mass is 359 g/mol. The average Bonchev–Trinajstić information content (AvgIpc) is 3.18. The van der Waals surface area contributed by atoms with Crippen molar-refractivity contribution in [3.63, 3.8) is 0 Å². The second-order valence-corrected chi connectivity index (χ2v) is 8.17. The molecule has 140 valence electrons. The lowest BCUT2D eigenvalue weighted by molar-refractivity contribution is -0.140. The van der Waals surface area contributed by atoms with E-state index in [4.69, 9.17) is 4.18 Å². The molecule has 2 rings (SSSR count). The van der Waals surface area contributed by atoms with Crippen molar-refractivity contribution in [2.45, 2.75) is 77.2 Å². The second-order valence-electron chi connectivity index (χ2n) is 7.23. The molecule has 0 heterocycles. The van der Waals surface area contributed by atoms with Gasteiger partial charge in [-0.25, -0.2) is 8.93 Å². The van der Waals surface area contributed by atoms with Crippen LogP contribution in [0.2, 0.25) is 0 Å². The molecule has 24 heavy (non-hydrogen) atoms. The maximum Gasteiger partial charge on any atom is 0.305 e. The van der Waals surface area contributed by atoms with E-state index in [2.05, 4.69) is 9.46 Å². The van der Waals surface area contributed by atoms with Crippen LogP contribution in [-0.4, -0.2) is 29.9 Å². The van der Waals surface area contributed by atoms with Crippen LogP contribution in [0.4, 0.5) is 0 Å². The van der Waals surface area contributed by atoms with Crippen LogP contribution in [0.5, 0.6) is 0 Å². The highest BCUT2D eigenvalue weighted by Crippen LogP contribution is 2.50. The number of methoxy groups -OCH3 is 1. The summed E-state index contributed by atoms with van der Waals surface area (Å²) in [6.45, 7) is 2.57. The first kappa shape index (κ1) is 19.9. The second kappa shape index (κ2) is 10.5. The molecular formula is C18H33NO4S. The van der Waals surface area contributed by atoms with Crippen LogP contribution >= 0.6 is 0 Å². The van der Waals surface area contributed by atoms with Gasteiger partial charge in [-0.3, -0.25) is 8.98 Å². The number of carbonyl (C=O) groups excluding carboxylic acids is 1. The van der Waals surface area contributed by atoms with Gasteiger partial charge < -0.3 is 4.74 Å². The minimum absolute atomic E-state index is 0.109. The third kappa shape index (κ3) is 5.81. The van der Waals surface area contributed by atoms with Crippen molar-refractivity contribution in [1.29, 1.82) is 0 Å². The molecule has 5 atom stereocenters. The van der Waals surface area contributed by atoms with Crippen LogP contribution in [0.3, 0.4) is 0 Å². The number of nitrogens with one attached hydrogen (secondary N) is 1. The molecule has 0 saturated heterocycles. The van der Waals surface area contributed by atoms with Gasteiger partial charge >= 0.3 is 5.97 Å². The fraction of sp³-hybridized carbons (Fsp3) is 0.944. The Bertz CT molecular complexity index is 418. The molecule has 0 spiro atoms. The summed E-state index contributed by atoms with van der Waals surface area (Å²) in [5.74, 6) is 2.00. The van der Waals surface area contributed by atoms with Gasteiger partial charge in [0.1, 0.15) is 0 Å². The zero-order chi connectivity index (χ0) is 17.4. The molecule has 2 bridgehead atoms. The van der Waals surface area contributed by atoms with Gasteiger partial charge in [-0.2, -0.15) is 0 Å². The molecule has 0 amide bonds. The summed E-state index contributed by atoms with van der Waals surface area (Å²) in [5.41, 5.74) is 0. The molecule has 2 unspecified atom stereocenters. The molecule has 2 saturated carbocycles. The number of rotatable bonds is 12. The van der Waals surface area contributed by atoms with E-state index in [0.717, 1.165) is 31.6 Å². The molecule has 2 fully saturated rings. The van der Waals surface area contributed by atoms with Gasteiger partial charge in [0.25, 0.3) is 0 Å². The smallest absolute Gasteiger partial charge is 0.305 e. The van der Waals surface area contributed by atoms with E-state index in [1.807, 2.05) is 6.92 Å². The van der Waals surface area contributed by atoms with E-state index in [1.54, 1.807) is 0 Å². The molecule has 2 aliphatic carbocycles. The van der Waals surface area contributed by atoms with E-state index in [-0.39, 0.29) is 5.97 Å². The van der Waals surface area contributed by atoms with Crippen LogP contribution in [-0.2, 0) is 25.0 Å². The highest BCUT2D eigenvalue weighted by molar-refractivity contribution is 7.78. The summed E-state index contributed by atoms with van der Waals surface area (Å²) in [6, 6.07) is 0.358. The molecule has 0 aliphatic heterocycles. The number of unbranched alkanes of at least 4 members (excludes halogenated alkanes) is 3. The molecule has 6 heteroatoms. The van der Waals surface area contributed by atoms with Crippen LogP contribution in [0.25, 0.3) is 0 Å². The zero-order valence-corrected chi connectivity index (χ0v) is 15.9. The lowest BCUT2D eigenvalue weighted by Gasteiger charge is -2.31. The normalized spacial score (nSPS) is 29.8. The van der Waals surface area contributed by atoms with Crippen molar-refractivity contribution in [2.75, 3.05) is 13.7 Å². The Morgan fingerprint density at radius 1 is 1.17 bits per heavy atom. The van der Waals surface area contributed by atoms with Gasteiger partial charge in [0.2, 0.25) is 11.3 Å². The van der Waals surface area contributed by atoms with Gasteiger partial charge in [0.15, 0.2) is 0 Å². The zero-order valence-electron chi connectivity index (χ0n) is 15.1. The third-order valence-electron chi connectivity index (χ3n) is 5.61. The average molecular weight is 360 g/mol. The van der Waals surface area contributed by atoms with E-state index < -0.39 is 11.3 Å². The standard InChI is InChI=1S/C18H33NO4S/c1-3-12-23-24(21)19-18-15-11-10-14(13-15)16(18)8-6-4-5-7-9-17(20)22-2/h14-16,18-19H,3-13H2,1-2H3/t14-,15+,16+,18?,24?/m0/s1. The number of ether oxygens (including phenoxy) is 1. The minimum atomic E-state index is -1.35. The molecule has 2 aliphatic rings. The third-order valence-corrected chi connectivity index (χ3v) is 6.46. The van der Waals surface area contributed by atoms with Gasteiger partial charge in [-0.15, -0.1) is 0 Å². The highest BCUT2D eigenvalue weighted by Gasteiger charge is 2.47. The maximum absolute atomic E-state index is 12.0. The van der Waals surface area contributed by atoms with E-state index in [0.29, 0.717) is 30.9 Å². The molecule has 0 aromatic carbocycles. The van der Waals surface area contributed by atoms with Crippen molar-refractivity contribution in [2.24, 2.45) is 17.8 Å². The minimum Gasteiger partial charge on any atom is -0.469 e. The first-order valence-corrected chi connectivity index (χ1v) is 10.6. The number of carbonyl (C=O) groups is 1. The molecule has 0 radical (unpaired) electrons. The predicted octanol–water partition coefficient (Wildman–Crippen LogP) is 3.51. The van der Waals surface area contributed by atoms with Gasteiger partial charge in [0.05, 0.1) is 13.7 Å². The summed E-state index contributed by atoms with van der Waals surface area (Å²) in [4.78, 5) is 11.1. The number of hydrogen-bond acceptors (Lipinski definition) is 4. The lowest BCUT2D eigenvalue weighted by atomic mass is 9.81. The summed E-state index contributed by atoms with van der Waals surface area (Å²) in [5, 5.41) is 0. The SMILES string of the molecule is CCCOS(=O)NC1[C@@H]2CC[C@@H](C2)[C@H]1CCCCCCC(=O)OC. The Kier molecular flexibility index (Phi) is 8.70. The first-order chi connectivity index (χ1) is 11.7. The number of esters is 1. The molecule has 0 aromatic rings. The van der Waals surface area contributed by atoms with Crippen molar-refractivity contribution >= 4 is 17.2 Å². The van der Waals surface area contributed by atoms with Crippen LogP contribution in [0.1, 0.15) is 71.1 Å². The fourth-order valence-electron chi connectivity index (χ4n) is 4.42. The Balaban J connectivity index is 1.68. The Morgan fingerprint density at radius 2 is 1.92 bits per heavy atom. The first-order valence-electron chi connectivity index (χ1n) is 9.53. The summed E-state index contributed by atoms with van der Waals surface area (Å²) < 4.78 is 25.3. The van der Waals surface area contributed by atoms with Gasteiger partial charge in [-0.05, 0) is 56.3 Å². The predicted molar refractivity (Wildman–Crippen MR) is 95.3 cm³/mol. The molecule has 0 aromatic heterocycles. The molecular weight excluding hydrogens is 326 g/mol. The molecule has 5 nitrogen and oxygen atoms in total. The lowest BCUT2D eigenvalue weighted by Crippen LogP contribution is -2.42. The quantitative estimate of drug-likeness (QED) is 0.428. The highest BCUT2D eigenvalue weighted by atomic mass is 32.2. The Hall–Kier alpha value is -0.460.